The van der Waals surface area contributed by atoms with Gasteiger partial charge in [-0.15, -0.1) is 0 Å². The molecule has 6 nitrogen and oxygen atoms in total. The average molecular weight is 517 g/mol. The van der Waals surface area contributed by atoms with Crippen LogP contribution in [-0.4, -0.2) is 44.3 Å². The Morgan fingerprint density at radius 3 is 1.28 bits per heavy atom. The minimum Gasteiger partial charge on any atom is -0.388 e. The predicted octanol–water partition coefficient (Wildman–Crippen LogP) is 6.08. The second kappa shape index (κ2) is 11.1. The minimum absolute atomic E-state index is 0.0255. The SMILES string of the molecule is C=CC=C.CNc1ccc(C=C2C(=O)c3cc4c(cc3C2=O)C(=O)C(=Cc2ccc(N(C)C)cc2)C4=O)cc1. The van der Waals surface area contributed by atoms with E-state index < -0.39 is 23.1 Å². The molecule has 0 fully saturated rings. The molecule has 1 N–H and O–H groups in total. The summed E-state index contributed by atoms with van der Waals surface area (Å²) in [6, 6.07) is 17.5. The van der Waals surface area contributed by atoms with E-state index >= 15 is 0 Å². The van der Waals surface area contributed by atoms with E-state index in [0.29, 0.717) is 11.1 Å². The molecule has 0 amide bonds. The number of nitrogens with one attached hydrogen (secondary N) is 1. The summed E-state index contributed by atoms with van der Waals surface area (Å²) in [7, 11) is 5.66. The number of anilines is 2. The van der Waals surface area contributed by atoms with Crippen molar-refractivity contribution in [3.05, 3.63) is 131 Å². The van der Waals surface area contributed by atoms with Gasteiger partial charge in [-0.05, 0) is 59.7 Å². The van der Waals surface area contributed by atoms with Crippen LogP contribution in [0.2, 0.25) is 0 Å². The molecule has 0 unspecified atom stereocenters. The van der Waals surface area contributed by atoms with Crippen LogP contribution in [0.1, 0.15) is 52.6 Å². The molecular weight excluding hydrogens is 488 g/mol. The van der Waals surface area contributed by atoms with Crippen molar-refractivity contribution in [1.82, 2.24) is 0 Å². The number of carbonyl (C=O) groups is 4. The van der Waals surface area contributed by atoms with E-state index in [1.807, 2.05) is 55.4 Å². The Kier molecular flexibility index (Phi) is 7.68. The molecule has 6 heteroatoms. The van der Waals surface area contributed by atoms with E-state index in [1.54, 1.807) is 43.5 Å². The van der Waals surface area contributed by atoms with Crippen molar-refractivity contribution in [2.75, 3.05) is 31.4 Å². The van der Waals surface area contributed by atoms with Crippen LogP contribution in [0, 0.1) is 0 Å². The third-order valence-electron chi connectivity index (χ3n) is 6.51. The van der Waals surface area contributed by atoms with Crippen LogP contribution >= 0.6 is 0 Å². The topological polar surface area (TPSA) is 83.6 Å². The molecule has 0 radical (unpaired) electrons. The highest BCUT2D eigenvalue weighted by Gasteiger charge is 2.40. The first kappa shape index (κ1) is 26.9. The highest BCUT2D eigenvalue weighted by molar-refractivity contribution is 6.45. The first-order chi connectivity index (χ1) is 18.7. The van der Waals surface area contributed by atoms with Crippen LogP contribution in [0.5, 0.6) is 0 Å². The number of ketones is 4. The van der Waals surface area contributed by atoms with Crippen LogP contribution in [0.4, 0.5) is 11.4 Å². The zero-order chi connectivity index (χ0) is 28.3. The highest BCUT2D eigenvalue weighted by Crippen LogP contribution is 2.36. The minimum atomic E-state index is -0.442. The Labute approximate surface area is 227 Å². The van der Waals surface area contributed by atoms with E-state index in [-0.39, 0.29) is 33.4 Å². The number of carbonyl (C=O) groups excluding carboxylic acids is 4. The summed E-state index contributed by atoms with van der Waals surface area (Å²) in [5.41, 5.74) is 4.01. The quantitative estimate of drug-likeness (QED) is 0.251. The summed E-state index contributed by atoms with van der Waals surface area (Å²) >= 11 is 0. The molecule has 0 saturated carbocycles. The highest BCUT2D eigenvalue weighted by atomic mass is 16.2. The van der Waals surface area contributed by atoms with E-state index in [2.05, 4.69) is 18.5 Å². The fourth-order valence-electron chi connectivity index (χ4n) is 4.35. The Balaban J connectivity index is 0.000000826. The summed E-state index contributed by atoms with van der Waals surface area (Å²) < 4.78 is 0. The summed E-state index contributed by atoms with van der Waals surface area (Å²) in [6.07, 6.45) is 6.38. The molecule has 194 valence electrons. The third kappa shape index (κ3) is 5.18. The summed E-state index contributed by atoms with van der Waals surface area (Å²) in [5.74, 6) is -1.76. The van der Waals surface area contributed by atoms with Gasteiger partial charge in [-0.25, -0.2) is 0 Å². The van der Waals surface area contributed by atoms with Crippen molar-refractivity contribution in [3.63, 3.8) is 0 Å². The van der Waals surface area contributed by atoms with Crippen LogP contribution in [0.15, 0.2) is 97.1 Å². The maximum atomic E-state index is 13.1. The molecule has 0 aliphatic heterocycles. The van der Waals surface area contributed by atoms with Gasteiger partial charge in [-0.1, -0.05) is 49.6 Å². The van der Waals surface area contributed by atoms with Gasteiger partial charge in [0.05, 0.1) is 11.1 Å². The molecule has 39 heavy (non-hydrogen) atoms. The number of Topliss-reactive ketones (excluding diaryl/α,β-unsaturated/α-hetero) is 4. The molecule has 0 saturated heterocycles. The predicted molar refractivity (Wildman–Crippen MR) is 157 cm³/mol. The molecular formula is C33H28N2O4. The maximum Gasteiger partial charge on any atom is 0.197 e. The van der Waals surface area contributed by atoms with Crippen molar-refractivity contribution >= 4 is 46.7 Å². The van der Waals surface area contributed by atoms with E-state index in [1.165, 1.54) is 12.1 Å². The van der Waals surface area contributed by atoms with Crippen LogP contribution in [-0.2, 0) is 0 Å². The average Bonchev–Trinajstić information content (AvgIpc) is 3.32. The largest absolute Gasteiger partial charge is 0.388 e. The second-order valence-electron chi connectivity index (χ2n) is 9.21. The fourth-order valence-corrected chi connectivity index (χ4v) is 4.35. The molecule has 0 spiro atoms. The molecule has 0 heterocycles. The Morgan fingerprint density at radius 1 is 0.615 bits per heavy atom. The lowest BCUT2D eigenvalue weighted by atomic mass is 10.0. The number of fused-ring (bicyclic) bond motifs is 2. The van der Waals surface area contributed by atoms with Gasteiger partial charge in [0.1, 0.15) is 0 Å². The second-order valence-corrected chi connectivity index (χ2v) is 9.21. The Bertz CT molecular complexity index is 1520. The summed E-state index contributed by atoms with van der Waals surface area (Å²) in [4.78, 5) is 54.3. The third-order valence-corrected chi connectivity index (χ3v) is 6.51. The molecule has 5 rings (SSSR count). The van der Waals surface area contributed by atoms with Crippen molar-refractivity contribution in [2.24, 2.45) is 0 Å². The monoisotopic (exact) mass is 516 g/mol. The standard InChI is InChI=1S/C29H22N2O4.C4H6/c1-30-18-8-4-16(5-9-18)12-24-26(32)20-14-22-23(15-21(20)27(24)33)29(35)25(28(22)34)13-17-6-10-19(11-7-17)31(2)3;1-3-4-2/h4-15,30H,1-3H3;3-4H,1-2H2. The van der Waals surface area contributed by atoms with E-state index in [4.69, 9.17) is 0 Å². The number of hydrogen-bond acceptors (Lipinski definition) is 6. The van der Waals surface area contributed by atoms with E-state index in [9.17, 15) is 19.2 Å². The van der Waals surface area contributed by atoms with Gasteiger partial charge in [0, 0.05) is 54.8 Å². The molecule has 0 atom stereocenters. The number of rotatable bonds is 5. The lowest BCUT2D eigenvalue weighted by molar-refractivity contribution is 0.0978. The number of nitrogens with zero attached hydrogens (tertiary/aromatic N) is 1. The summed E-state index contributed by atoms with van der Waals surface area (Å²) in [5, 5.41) is 3.01. The number of allylic oxidation sites excluding steroid dienone is 4. The lowest BCUT2D eigenvalue weighted by Gasteiger charge is -2.11. The first-order valence-corrected chi connectivity index (χ1v) is 12.3. The van der Waals surface area contributed by atoms with Gasteiger partial charge < -0.3 is 10.2 Å². The van der Waals surface area contributed by atoms with Gasteiger partial charge in [-0.3, -0.25) is 19.2 Å². The molecule has 2 aliphatic carbocycles. The van der Waals surface area contributed by atoms with Crippen molar-refractivity contribution in [3.8, 4) is 0 Å². The zero-order valence-electron chi connectivity index (χ0n) is 22.1. The van der Waals surface area contributed by atoms with Gasteiger partial charge in [0.15, 0.2) is 23.1 Å². The van der Waals surface area contributed by atoms with E-state index in [0.717, 1.165) is 11.4 Å². The van der Waals surface area contributed by atoms with Gasteiger partial charge >= 0.3 is 0 Å². The van der Waals surface area contributed by atoms with Crippen molar-refractivity contribution in [1.29, 1.82) is 0 Å². The Morgan fingerprint density at radius 2 is 0.974 bits per heavy atom. The van der Waals surface area contributed by atoms with Crippen LogP contribution in [0.3, 0.4) is 0 Å². The zero-order valence-corrected chi connectivity index (χ0v) is 22.1. The summed E-state index contributed by atoms with van der Waals surface area (Å²) in [6.45, 7) is 6.72. The van der Waals surface area contributed by atoms with Crippen molar-refractivity contribution < 1.29 is 19.2 Å². The van der Waals surface area contributed by atoms with Gasteiger partial charge in [0.2, 0.25) is 0 Å². The normalized spacial score (nSPS) is 13.3. The smallest absolute Gasteiger partial charge is 0.197 e. The van der Waals surface area contributed by atoms with Gasteiger partial charge in [-0.2, -0.15) is 0 Å². The number of hydrogen-bond donors (Lipinski definition) is 1. The van der Waals surface area contributed by atoms with Crippen molar-refractivity contribution in [2.45, 2.75) is 0 Å². The number of benzene rings is 3. The fraction of sp³-hybridized carbons (Fsp3) is 0.0909. The molecule has 3 aromatic rings. The first-order valence-electron chi connectivity index (χ1n) is 12.3. The molecule has 3 aromatic carbocycles. The maximum absolute atomic E-state index is 13.1. The lowest BCUT2D eigenvalue weighted by Crippen LogP contribution is -2.08. The molecule has 2 aliphatic rings. The molecule has 0 aromatic heterocycles. The van der Waals surface area contributed by atoms with Crippen LogP contribution in [0.25, 0.3) is 12.2 Å². The molecule has 0 bridgehead atoms. The van der Waals surface area contributed by atoms with Crippen LogP contribution < -0.4 is 10.2 Å². The Hall–Kier alpha value is -5.10. The van der Waals surface area contributed by atoms with Gasteiger partial charge in [0.25, 0.3) is 0 Å².